The summed E-state index contributed by atoms with van der Waals surface area (Å²) < 4.78 is 0. The number of nitrogens with zero attached hydrogens (tertiary/aromatic N) is 1. The van der Waals surface area contributed by atoms with Crippen molar-refractivity contribution in [2.24, 2.45) is 0 Å². The Morgan fingerprint density at radius 1 is 1.45 bits per heavy atom. The summed E-state index contributed by atoms with van der Waals surface area (Å²) in [6.07, 6.45) is 0. The van der Waals surface area contributed by atoms with Gasteiger partial charge in [0, 0.05) is 25.2 Å². The predicted molar refractivity (Wildman–Crippen MR) is 51.7 cm³/mol. The largest absolute Gasteiger partial charge is 0.319 e. The van der Waals surface area contributed by atoms with E-state index in [4.69, 9.17) is 0 Å². The lowest BCUT2D eigenvalue weighted by atomic mass is 9.92. The summed E-state index contributed by atoms with van der Waals surface area (Å²) in [6, 6.07) is 0. The molecule has 1 atom stereocenters. The first-order valence-electron chi connectivity index (χ1n) is 4.48. The van der Waals surface area contributed by atoms with E-state index in [0.717, 1.165) is 6.54 Å². The maximum Gasteiger partial charge on any atom is 0.125 e. The third kappa shape index (κ3) is 2.49. The summed E-state index contributed by atoms with van der Waals surface area (Å²) in [6.45, 7) is 10.4. The van der Waals surface area contributed by atoms with Gasteiger partial charge in [0.2, 0.25) is 0 Å². The zero-order chi connectivity index (χ0) is 8.48. The molecule has 64 valence electrons. The van der Waals surface area contributed by atoms with Gasteiger partial charge < -0.3 is 5.32 Å². The van der Waals surface area contributed by atoms with Crippen LogP contribution in [0.4, 0.5) is 0 Å². The van der Waals surface area contributed by atoms with Crippen LogP contribution in [-0.2, 0) is 0 Å². The van der Waals surface area contributed by atoms with Crippen LogP contribution in [0.3, 0.4) is 0 Å². The molecule has 1 unspecified atom stereocenters. The summed E-state index contributed by atoms with van der Waals surface area (Å²) in [7, 11) is 2.25. The lowest BCUT2D eigenvalue weighted by Gasteiger charge is -2.41. The number of piperazine rings is 1. The Kier molecular flexibility index (Phi) is 2.60. The molecule has 1 rings (SSSR count). The Morgan fingerprint density at radius 3 is 2.45 bits per heavy atom. The molecule has 0 aromatic rings. The van der Waals surface area contributed by atoms with E-state index in [1.165, 1.54) is 13.1 Å². The first-order valence-corrected chi connectivity index (χ1v) is 4.48. The van der Waals surface area contributed by atoms with Crippen molar-refractivity contribution < 1.29 is 0 Å². The first kappa shape index (κ1) is 9.08. The Bertz CT molecular complexity index is 131. The van der Waals surface area contributed by atoms with Gasteiger partial charge >= 0.3 is 0 Å². The third-order valence-electron chi connectivity index (χ3n) is 2.32. The van der Waals surface area contributed by atoms with E-state index >= 15 is 0 Å². The van der Waals surface area contributed by atoms with Crippen molar-refractivity contribution in [3.8, 4) is 0 Å². The normalized spacial score (nSPS) is 28.8. The minimum Gasteiger partial charge on any atom is -0.319 e. The minimum atomic E-state index is 0.344. The fourth-order valence-electron chi connectivity index (χ4n) is 1.54. The van der Waals surface area contributed by atoms with Crippen LogP contribution in [0, 0.1) is 0 Å². The van der Waals surface area contributed by atoms with E-state index in [1.54, 1.807) is 0 Å². The Balaban J connectivity index is 2.46. The van der Waals surface area contributed by atoms with Crippen LogP contribution >= 0.6 is 0 Å². The van der Waals surface area contributed by atoms with E-state index in [0.29, 0.717) is 11.5 Å². The zero-order valence-electron chi connectivity index (χ0n) is 8.15. The second-order valence-electron chi connectivity index (χ2n) is 4.47. The molecule has 1 saturated heterocycles. The van der Waals surface area contributed by atoms with Crippen molar-refractivity contribution in [1.82, 2.24) is 10.2 Å². The molecular formula is C8H19BN2. The van der Waals surface area contributed by atoms with Crippen molar-refractivity contribution >= 4 is 7.85 Å². The van der Waals surface area contributed by atoms with Gasteiger partial charge in [-0.25, -0.2) is 0 Å². The predicted octanol–water partition coefficient (Wildman–Crippen LogP) is -0.351. The van der Waals surface area contributed by atoms with E-state index in [2.05, 4.69) is 38.8 Å². The fraction of sp³-hybridized carbons (Fsp3) is 1.00. The molecule has 0 aromatic heterocycles. The summed E-state index contributed by atoms with van der Waals surface area (Å²) in [5.41, 5.74) is 0.344. The SMILES string of the molecule is BC1CN(C(C)(C)C)CCN1. The van der Waals surface area contributed by atoms with E-state index in [9.17, 15) is 0 Å². The average Bonchev–Trinajstić information content (AvgIpc) is 1.86. The summed E-state index contributed by atoms with van der Waals surface area (Å²) in [4.78, 5) is 2.54. The molecule has 1 heterocycles. The molecule has 2 nitrogen and oxygen atoms in total. The molecule has 11 heavy (non-hydrogen) atoms. The summed E-state index contributed by atoms with van der Waals surface area (Å²) in [5.74, 6) is 0.656. The maximum absolute atomic E-state index is 3.44. The van der Waals surface area contributed by atoms with Crippen LogP contribution < -0.4 is 5.32 Å². The molecule has 1 aliphatic rings. The molecule has 1 fully saturated rings. The molecular weight excluding hydrogens is 135 g/mol. The highest BCUT2D eigenvalue weighted by Crippen LogP contribution is 2.14. The lowest BCUT2D eigenvalue weighted by Crippen LogP contribution is -2.56. The van der Waals surface area contributed by atoms with Crippen LogP contribution in [0.5, 0.6) is 0 Å². The third-order valence-corrected chi connectivity index (χ3v) is 2.32. The van der Waals surface area contributed by atoms with Crippen LogP contribution in [-0.4, -0.2) is 43.9 Å². The second-order valence-corrected chi connectivity index (χ2v) is 4.47. The molecule has 0 radical (unpaired) electrons. The Hall–Kier alpha value is -0.0151. The van der Waals surface area contributed by atoms with E-state index in [1.807, 2.05) is 0 Å². The highest BCUT2D eigenvalue weighted by molar-refractivity contribution is 6.11. The standard InChI is InChI=1S/C8H19BN2/c1-8(2,3)11-5-4-10-7(9)6-11/h7,10H,4-6,9H2,1-3H3. The van der Waals surface area contributed by atoms with Crippen molar-refractivity contribution in [2.45, 2.75) is 32.3 Å². The average molecular weight is 154 g/mol. The molecule has 0 saturated carbocycles. The maximum atomic E-state index is 3.44. The van der Waals surface area contributed by atoms with E-state index in [-0.39, 0.29) is 0 Å². The highest BCUT2D eigenvalue weighted by Gasteiger charge is 2.24. The molecule has 1 aliphatic heterocycles. The van der Waals surface area contributed by atoms with Crippen molar-refractivity contribution in [3.05, 3.63) is 0 Å². The monoisotopic (exact) mass is 154 g/mol. The molecule has 0 aromatic carbocycles. The smallest absolute Gasteiger partial charge is 0.125 e. The number of hydrogen-bond acceptors (Lipinski definition) is 2. The van der Waals surface area contributed by atoms with Crippen molar-refractivity contribution in [3.63, 3.8) is 0 Å². The van der Waals surface area contributed by atoms with Crippen molar-refractivity contribution in [1.29, 1.82) is 0 Å². The van der Waals surface area contributed by atoms with Gasteiger partial charge in [0.1, 0.15) is 7.85 Å². The van der Waals surface area contributed by atoms with Crippen LogP contribution in [0.1, 0.15) is 20.8 Å². The molecule has 3 heteroatoms. The summed E-state index contributed by atoms with van der Waals surface area (Å²) >= 11 is 0. The van der Waals surface area contributed by atoms with Gasteiger partial charge in [0.25, 0.3) is 0 Å². The minimum absolute atomic E-state index is 0.344. The zero-order valence-corrected chi connectivity index (χ0v) is 8.15. The molecule has 0 amide bonds. The van der Waals surface area contributed by atoms with Crippen LogP contribution in [0.15, 0.2) is 0 Å². The molecule has 0 bridgehead atoms. The highest BCUT2D eigenvalue weighted by atomic mass is 15.2. The second kappa shape index (κ2) is 3.15. The lowest BCUT2D eigenvalue weighted by molar-refractivity contribution is 0.112. The first-order chi connectivity index (χ1) is 5.00. The number of rotatable bonds is 0. The Morgan fingerprint density at radius 2 is 2.09 bits per heavy atom. The van der Waals surface area contributed by atoms with Crippen LogP contribution in [0.25, 0.3) is 0 Å². The van der Waals surface area contributed by atoms with Gasteiger partial charge in [-0.1, -0.05) is 0 Å². The Labute approximate surface area is 70.7 Å². The van der Waals surface area contributed by atoms with Gasteiger partial charge in [0.05, 0.1) is 0 Å². The summed E-state index contributed by atoms with van der Waals surface area (Å²) in [5, 5.41) is 3.44. The van der Waals surface area contributed by atoms with Crippen LogP contribution in [0.2, 0.25) is 0 Å². The quantitative estimate of drug-likeness (QED) is 0.480. The molecule has 1 N–H and O–H groups in total. The van der Waals surface area contributed by atoms with Gasteiger partial charge in [-0.3, -0.25) is 4.90 Å². The molecule has 0 aliphatic carbocycles. The fourth-order valence-corrected chi connectivity index (χ4v) is 1.54. The van der Waals surface area contributed by atoms with E-state index < -0.39 is 0 Å². The van der Waals surface area contributed by atoms with Gasteiger partial charge in [0.15, 0.2) is 0 Å². The van der Waals surface area contributed by atoms with Gasteiger partial charge in [-0.05, 0) is 26.7 Å². The topological polar surface area (TPSA) is 15.3 Å². The van der Waals surface area contributed by atoms with Crippen molar-refractivity contribution in [2.75, 3.05) is 19.6 Å². The molecule has 0 spiro atoms. The van der Waals surface area contributed by atoms with Gasteiger partial charge in [-0.2, -0.15) is 0 Å². The van der Waals surface area contributed by atoms with Gasteiger partial charge in [-0.15, -0.1) is 0 Å². The number of hydrogen-bond donors (Lipinski definition) is 1. The number of nitrogens with one attached hydrogen (secondary N) is 1.